The topological polar surface area (TPSA) is 139 Å². The number of hydrogen-bond acceptors (Lipinski definition) is 8. The second-order valence-electron chi connectivity index (χ2n) is 8.29. The van der Waals surface area contributed by atoms with Crippen molar-refractivity contribution in [3.8, 4) is 5.88 Å². The minimum atomic E-state index is -2.68. The first-order valence-electron chi connectivity index (χ1n) is 11.7. The lowest BCUT2D eigenvalue weighted by Crippen LogP contribution is -2.40. The molecule has 0 saturated carbocycles. The summed E-state index contributed by atoms with van der Waals surface area (Å²) >= 11 is 0.800. The summed E-state index contributed by atoms with van der Waals surface area (Å²) < 4.78 is 41.1. The number of morpholine rings is 1. The van der Waals surface area contributed by atoms with Gasteiger partial charge in [-0.3, -0.25) is 15.0 Å². The van der Waals surface area contributed by atoms with Crippen LogP contribution in [-0.2, 0) is 11.3 Å². The van der Waals surface area contributed by atoms with Crippen LogP contribution in [0.1, 0.15) is 47.2 Å². The third kappa shape index (κ3) is 8.36. The Kier molecular flexibility index (Phi) is 10.8. The summed E-state index contributed by atoms with van der Waals surface area (Å²) in [6, 6.07) is 5.33. The van der Waals surface area contributed by atoms with Gasteiger partial charge in [-0.25, -0.2) is 13.6 Å². The first-order valence-corrected chi connectivity index (χ1v) is 12.4. The summed E-state index contributed by atoms with van der Waals surface area (Å²) in [6.07, 6.45) is -1.09. The number of benzene rings is 1. The van der Waals surface area contributed by atoms with E-state index in [0.717, 1.165) is 31.0 Å². The van der Waals surface area contributed by atoms with E-state index in [9.17, 15) is 23.5 Å². The number of aromatic nitrogens is 1. The van der Waals surface area contributed by atoms with Gasteiger partial charge < -0.3 is 25.6 Å². The van der Waals surface area contributed by atoms with E-state index in [-0.39, 0.29) is 34.2 Å². The SMILES string of the molecule is NC(=O)c1c(OCc2ccccc2C(F)F)nsc1NC(=O)NCCCCC(O)CN1CCOCC1. The molecule has 1 unspecified atom stereocenters. The van der Waals surface area contributed by atoms with Crippen LogP contribution in [0.2, 0.25) is 0 Å². The number of carbonyl (C=O) groups excluding carboxylic acids is 2. The molecule has 1 aromatic heterocycles. The largest absolute Gasteiger partial charge is 0.472 e. The molecule has 0 aliphatic carbocycles. The number of aliphatic hydroxyl groups excluding tert-OH is 1. The second kappa shape index (κ2) is 14.0. The number of carbonyl (C=O) groups is 2. The standard InChI is InChI=1S/C23H31F2N5O5S/c24-19(25)17-7-2-1-5-15(17)14-35-21-18(20(26)32)22(36-29-21)28-23(33)27-8-4-3-6-16(31)13-30-9-11-34-12-10-30/h1-2,5,7,16,19,31H,3-4,6,8-14H2,(H2,26,32)(H2,27,28,33). The van der Waals surface area contributed by atoms with Crippen LogP contribution < -0.4 is 21.1 Å². The third-order valence-electron chi connectivity index (χ3n) is 5.61. The number of ether oxygens (including phenoxy) is 2. The van der Waals surface area contributed by atoms with Gasteiger partial charge in [0.05, 0.1) is 19.3 Å². The fourth-order valence-electron chi connectivity index (χ4n) is 3.73. The highest BCUT2D eigenvalue weighted by molar-refractivity contribution is 7.11. The zero-order chi connectivity index (χ0) is 25.9. The van der Waals surface area contributed by atoms with Crippen LogP contribution in [0.25, 0.3) is 0 Å². The van der Waals surface area contributed by atoms with Crippen LogP contribution in [0.3, 0.4) is 0 Å². The van der Waals surface area contributed by atoms with Crippen molar-refractivity contribution < 1.29 is 33.0 Å². The highest BCUT2D eigenvalue weighted by Gasteiger charge is 2.23. The molecule has 1 saturated heterocycles. The molecule has 0 bridgehead atoms. The molecule has 2 heterocycles. The first kappa shape index (κ1) is 27.7. The summed E-state index contributed by atoms with van der Waals surface area (Å²) in [5.41, 5.74) is 5.38. The van der Waals surface area contributed by atoms with Crippen LogP contribution in [-0.4, -0.2) is 71.8 Å². The molecule has 0 spiro atoms. The van der Waals surface area contributed by atoms with Gasteiger partial charge in [0.2, 0.25) is 5.88 Å². The number of nitrogens with two attached hydrogens (primary N) is 1. The Morgan fingerprint density at radius 1 is 1.25 bits per heavy atom. The summed E-state index contributed by atoms with van der Waals surface area (Å²) in [5.74, 6) is -1.01. The van der Waals surface area contributed by atoms with Crippen LogP contribution in [0, 0.1) is 0 Å². The maximum Gasteiger partial charge on any atom is 0.319 e. The third-order valence-corrected chi connectivity index (χ3v) is 6.36. The van der Waals surface area contributed by atoms with Gasteiger partial charge in [0.15, 0.2) is 0 Å². The number of nitrogens with one attached hydrogen (secondary N) is 2. The number of amides is 3. The molecule has 1 aromatic carbocycles. The number of halogens is 2. The zero-order valence-electron chi connectivity index (χ0n) is 19.8. The zero-order valence-corrected chi connectivity index (χ0v) is 20.6. The van der Waals surface area contributed by atoms with Crippen molar-refractivity contribution in [1.82, 2.24) is 14.6 Å². The predicted molar refractivity (Wildman–Crippen MR) is 131 cm³/mol. The molecule has 1 fully saturated rings. The molecule has 3 amide bonds. The average Bonchev–Trinajstić information content (AvgIpc) is 3.25. The van der Waals surface area contributed by atoms with Crippen molar-refractivity contribution in [2.75, 3.05) is 44.7 Å². The van der Waals surface area contributed by atoms with Gasteiger partial charge in [-0.2, -0.15) is 4.37 Å². The van der Waals surface area contributed by atoms with Gasteiger partial charge >= 0.3 is 6.03 Å². The summed E-state index contributed by atoms with van der Waals surface area (Å²) in [4.78, 5) is 26.4. The van der Waals surface area contributed by atoms with Crippen LogP contribution in [0.15, 0.2) is 24.3 Å². The fourth-order valence-corrected chi connectivity index (χ4v) is 4.46. The number of β-amino-alcohol motifs (C(OH)–C–C–N with tert-alkyl or cyclic N) is 1. The van der Waals surface area contributed by atoms with Crippen molar-refractivity contribution in [1.29, 1.82) is 0 Å². The van der Waals surface area contributed by atoms with Gasteiger partial charge in [0, 0.05) is 31.7 Å². The van der Waals surface area contributed by atoms with Gasteiger partial charge in [0.25, 0.3) is 12.3 Å². The Balaban J connectivity index is 1.43. The maximum atomic E-state index is 13.2. The molecule has 2 aromatic rings. The molecular weight excluding hydrogens is 496 g/mol. The van der Waals surface area contributed by atoms with Gasteiger partial charge in [0.1, 0.15) is 17.2 Å². The van der Waals surface area contributed by atoms with Crippen molar-refractivity contribution in [2.45, 2.75) is 38.4 Å². The highest BCUT2D eigenvalue weighted by atomic mass is 32.1. The number of unbranched alkanes of at least 4 members (excludes halogenated alkanes) is 1. The first-order chi connectivity index (χ1) is 17.3. The molecule has 1 aliphatic heterocycles. The number of rotatable bonds is 13. The van der Waals surface area contributed by atoms with Crippen LogP contribution in [0.5, 0.6) is 5.88 Å². The highest BCUT2D eigenvalue weighted by Crippen LogP contribution is 2.31. The van der Waals surface area contributed by atoms with E-state index >= 15 is 0 Å². The summed E-state index contributed by atoms with van der Waals surface area (Å²) in [6.45, 7) is 3.74. The molecule has 198 valence electrons. The molecule has 5 N–H and O–H groups in total. The van der Waals surface area contributed by atoms with Gasteiger partial charge in [-0.05, 0) is 36.4 Å². The minimum absolute atomic E-state index is 0.0954. The van der Waals surface area contributed by atoms with Gasteiger partial charge in [-0.1, -0.05) is 24.3 Å². The summed E-state index contributed by atoms with van der Waals surface area (Å²) in [7, 11) is 0. The Morgan fingerprint density at radius 3 is 2.72 bits per heavy atom. The second-order valence-corrected chi connectivity index (χ2v) is 9.06. The minimum Gasteiger partial charge on any atom is -0.472 e. The molecule has 3 rings (SSSR count). The number of alkyl halides is 2. The molecule has 0 radical (unpaired) electrons. The van der Waals surface area contributed by atoms with Crippen molar-refractivity contribution >= 4 is 28.5 Å². The summed E-state index contributed by atoms with van der Waals surface area (Å²) in [5, 5.41) is 15.5. The number of nitrogens with zero attached hydrogens (tertiary/aromatic N) is 2. The average molecular weight is 528 g/mol. The molecular formula is C23H31F2N5O5S. The van der Waals surface area contributed by atoms with E-state index in [1.165, 1.54) is 18.2 Å². The lowest BCUT2D eigenvalue weighted by atomic mass is 10.1. The van der Waals surface area contributed by atoms with Crippen molar-refractivity contribution in [3.05, 3.63) is 41.0 Å². The van der Waals surface area contributed by atoms with E-state index < -0.39 is 24.5 Å². The maximum absolute atomic E-state index is 13.2. The number of anilines is 1. The van der Waals surface area contributed by atoms with Crippen molar-refractivity contribution in [3.63, 3.8) is 0 Å². The molecule has 1 atom stereocenters. The number of urea groups is 1. The normalized spacial score (nSPS) is 15.0. The van der Waals surface area contributed by atoms with E-state index in [2.05, 4.69) is 19.9 Å². The Bertz CT molecular complexity index is 1000. The van der Waals surface area contributed by atoms with E-state index in [4.69, 9.17) is 15.2 Å². The van der Waals surface area contributed by atoms with E-state index in [1.807, 2.05) is 0 Å². The Morgan fingerprint density at radius 2 is 2.00 bits per heavy atom. The Hall–Kier alpha value is -2.87. The number of hydrogen-bond donors (Lipinski definition) is 4. The number of aliphatic hydroxyl groups is 1. The quantitative estimate of drug-likeness (QED) is 0.294. The monoisotopic (exact) mass is 527 g/mol. The predicted octanol–water partition coefficient (Wildman–Crippen LogP) is 2.74. The smallest absolute Gasteiger partial charge is 0.319 e. The number of primary amides is 1. The van der Waals surface area contributed by atoms with Gasteiger partial charge in [-0.15, -0.1) is 0 Å². The Labute approximate surface area is 211 Å². The molecule has 13 heteroatoms. The van der Waals surface area contributed by atoms with Crippen LogP contribution >= 0.6 is 11.5 Å². The molecule has 1 aliphatic rings. The van der Waals surface area contributed by atoms with Crippen molar-refractivity contribution in [2.24, 2.45) is 5.73 Å². The fraction of sp³-hybridized carbons (Fsp3) is 0.522. The lowest BCUT2D eigenvalue weighted by molar-refractivity contribution is 0.0128. The molecule has 36 heavy (non-hydrogen) atoms. The lowest BCUT2D eigenvalue weighted by Gasteiger charge is -2.28. The van der Waals surface area contributed by atoms with Crippen LogP contribution in [0.4, 0.5) is 18.6 Å². The molecule has 10 nitrogen and oxygen atoms in total. The van der Waals surface area contributed by atoms with E-state index in [1.54, 1.807) is 6.07 Å². The van der Waals surface area contributed by atoms with E-state index in [0.29, 0.717) is 39.1 Å².